The molecule has 0 fully saturated rings. The number of aliphatic hydroxyl groups is 1. The summed E-state index contributed by atoms with van der Waals surface area (Å²) >= 11 is 0. The fourth-order valence-electron chi connectivity index (χ4n) is 2.46. The third-order valence-electron chi connectivity index (χ3n) is 3.90. The molecule has 0 aromatic carbocycles. The zero-order valence-electron chi connectivity index (χ0n) is 15.2. The number of ether oxygens (including phenoxy) is 2. The number of hydrogen-bond donors (Lipinski definition) is 1. The zero-order valence-corrected chi connectivity index (χ0v) is 15.2. The van der Waals surface area contributed by atoms with Crippen LogP contribution in [-0.2, 0) is 9.47 Å². The van der Waals surface area contributed by atoms with E-state index >= 15 is 0 Å². The Balaban J connectivity index is 3.11. The van der Waals surface area contributed by atoms with Gasteiger partial charge in [0.15, 0.2) is 0 Å². The fraction of sp³-hybridized carbons (Fsp3) is 1.00. The van der Waals surface area contributed by atoms with Gasteiger partial charge in [-0.3, -0.25) is 0 Å². The van der Waals surface area contributed by atoms with Crippen LogP contribution in [0.5, 0.6) is 0 Å². The predicted molar refractivity (Wildman–Crippen MR) is 94.4 cm³/mol. The summed E-state index contributed by atoms with van der Waals surface area (Å²) in [5.41, 5.74) is 0. The molecule has 22 heavy (non-hydrogen) atoms. The first kappa shape index (κ1) is 21.9. The van der Waals surface area contributed by atoms with Crippen molar-refractivity contribution in [1.29, 1.82) is 0 Å². The van der Waals surface area contributed by atoms with Crippen molar-refractivity contribution in [2.24, 2.45) is 0 Å². The van der Waals surface area contributed by atoms with Crippen molar-refractivity contribution in [3.05, 3.63) is 0 Å². The average Bonchev–Trinajstić information content (AvgIpc) is 2.52. The van der Waals surface area contributed by atoms with Crippen LogP contribution in [0.25, 0.3) is 0 Å². The molecule has 0 heterocycles. The van der Waals surface area contributed by atoms with Gasteiger partial charge in [-0.2, -0.15) is 0 Å². The molecule has 0 aromatic rings. The lowest BCUT2D eigenvalue weighted by Gasteiger charge is -2.12. The maximum Gasteiger partial charge on any atom is 0.101 e. The summed E-state index contributed by atoms with van der Waals surface area (Å²) in [6, 6.07) is 0. The van der Waals surface area contributed by atoms with E-state index in [0.717, 1.165) is 26.1 Å². The Hall–Kier alpha value is -0.120. The predicted octanol–water partition coefficient (Wildman–Crippen LogP) is 5.10. The summed E-state index contributed by atoms with van der Waals surface area (Å²) in [7, 11) is 0. The van der Waals surface area contributed by atoms with Gasteiger partial charge < -0.3 is 14.6 Å². The van der Waals surface area contributed by atoms with Crippen LogP contribution in [0.2, 0.25) is 0 Å². The van der Waals surface area contributed by atoms with Crippen LogP contribution in [0.1, 0.15) is 90.9 Å². The van der Waals surface area contributed by atoms with E-state index in [0.29, 0.717) is 13.2 Å². The maximum absolute atomic E-state index is 9.74. The molecule has 1 N–H and O–H groups in total. The molecule has 0 saturated heterocycles. The minimum Gasteiger partial charge on any atom is -0.388 e. The lowest BCUT2D eigenvalue weighted by Crippen LogP contribution is -2.22. The van der Waals surface area contributed by atoms with Crippen LogP contribution in [0.15, 0.2) is 0 Å². The SMILES string of the molecule is CCCCCCCCOCC(O)COCCCCCCCC. The summed E-state index contributed by atoms with van der Waals surface area (Å²) < 4.78 is 11.0. The van der Waals surface area contributed by atoms with Crippen LogP contribution >= 0.6 is 0 Å². The van der Waals surface area contributed by atoms with Gasteiger partial charge in [0.05, 0.1) is 13.2 Å². The van der Waals surface area contributed by atoms with E-state index in [2.05, 4.69) is 13.8 Å². The molecule has 0 bridgehead atoms. The summed E-state index contributed by atoms with van der Waals surface area (Å²) in [5, 5.41) is 9.74. The molecule has 3 heteroatoms. The highest BCUT2D eigenvalue weighted by molar-refractivity contribution is 4.52. The van der Waals surface area contributed by atoms with Gasteiger partial charge in [-0.25, -0.2) is 0 Å². The van der Waals surface area contributed by atoms with Crippen LogP contribution < -0.4 is 0 Å². The molecular formula is C19H40O3. The maximum atomic E-state index is 9.74. The first-order valence-electron chi connectivity index (χ1n) is 9.64. The molecule has 134 valence electrons. The normalized spacial score (nSPS) is 11.5. The van der Waals surface area contributed by atoms with Gasteiger partial charge in [0.1, 0.15) is 6.10 Å². The minimum absolute atomic E-state index is 0.408. The third-order valence-corrected chi connectivity index (χ3v) is 3.90. The molecule has 0 atom stereocenters. The summed E-state index contributed by atoms with van der Waals surface area (Å²) in [6.07, 6.45) is 14.8. The molecular weight excluding hydrogens is 276 g/mol. The number of rotatable bonds is 18. The third kappa shape index (κ3) is 17.9. The van der Waals surface area contributed by atoms with Crippen molar-refractivity contribution < 1.29 is 14.6 Å². The van der Waals surface area contributed by atoms with Crippen LogP contribution in [0.3, 0.4) is 0 Å². The molecule has 0 radical (unpaired) electrons. The van der Waals surface area contributed by atoms with Crippen molar-refractivity contribution in [2.45, 2.75) is 97.0 Å². The Labute approximate surface area is 138 Å². The largest absolute Gasteiger partial charge is 0.388 e. The number of hydrogen-bond acceptors (Lipinski definition) is 3. The second kappa shape index (κ2) is 18.9. The van der Waals surface area contributed by atoms with Crippen molar-refractivity contribution in [3.8, 4) is 0 Å². The second-order valence-electron chi connectivity index (χ2n) is 6.34. The summed E-state index contributed by atoms with van der Waals surface area (Å²) in [6.45, 7) is 6.82. The van der Waals surface area contributed by atoms with Crippen molar-refractivity contribution >= 4 is 0 Å². The standard InChI is InChI=1S/C19H40O3/c1-3-5-7-9-11-13-15-21-17-19(20)18-22-16-14-12-10-8-6-4-2/h19-20H,3-18H2,1-2H3. The van der Waals surface area contributed by atoms with Gasteiger partial charge in [-0.1, -0.05) is 78.1 Å². The molecule has 0 aliphatic carbocycles. The molecule has 0 saturated carbocycles. The lowest BCUT2D eigenvalue weighted by molar-refractivity contribution is -0.0201. The fourth-order valence-corrected chi connectivity index (χ4v) is 2.46. The van der Waals surface area contributed by atoms with E-state index in [-0.39, 0.29) is 0 Å². The van der Waals surface area contributed by atoms with Crippen LogP contribution in [-0.4, -0.2) is 37.6 Å². The summed E-state index contributed by atoms with van der Waals surface area (Å²) in [4.78, 5) is 0. The minimum atomic E-state index is -0.472. The quantitative estimate of drug-likeness (QED) is 0.357. The van der Waals surface area contributed by atoms with Crippen LogP contribution in [0, 0.1) is 0 Å². The van der Waals surface area contributed by atoms with E-state index in [4.69, 9.17) is 9.47 Å². The summed E-state index contributed by atoms with van der Waals surface area (Å²) in [5.74, 6) is 0. The Morgan fingerprint density at radius 2 is 0.955 bits per heavy atom. The van der Waals surface area contributed by atoms with Gasteiger partial charge in [0, 0.05) is 13.2 Å². The van der Waals surface area contributed by atoms with Gasteiger partial charge in [0.25, 0.3) is 0 Å². The number of unbranched alkanes of at least 4 members (excludes halogenated alkanes) is 10. The molecule has 0 rings (SSSR count). The average molecular weight is 317 g/mol. The van der Waals surface area contributed by atoms with Crippen molar-refractivity contribution in [3.63, 3.8) is 0 Å². The highest BCUT2D eigenvalue weighted by Gasteiger charge is 2.04. The Kier molecular flexibility index (Phi) is 18.8. The molecule has 0 aromatic heterocycles. The first-order chi connectivity index (χ1) is 10.8. The smallest absolute Gasteiger partial charge is 0.101 e. The molecule has 0 unspecified atom stereocenters. The van der Waals surface area contributed by atoms with Crippen molar-refractivity contribution in [2.75, 3.05) is 26.4 Å². The highest BCUT2D eigenvalue weighted by atomic mass is 16.5. The number of aliphatic hydroxyl groups excluding tert-OH is 1. The highest BCUT2D eigenvalue weighted by Crippen LogP contribution is 2.06. The molecule has 0 amide bonds. The van der Waals surface area contributed by atoms with E-state index in [1.165, 1.54) is 64.2 Å². The molecule has 0 aliphatic heterocycles. The first-order valence-corrected chi connectivity index (χ1v) is 9.64. The van der Waals surface area contributed by atoms with Crippen LogP contribution in [0.4, 0.5) is 0 Å². The second-order valence-corrected chi connectivity index (χ2v) is 6.34. The topological polar surface area (TPSA) is 38.7 Å². The lowest BCUT2D eigenvalue weighted by atomic mass is 10.1. The van der Waals surface area contributed by atoms with Gasteiger partial charge in [0.2, 0.25) is 0 Å². The Morgan fingerprint density at radius 3 is 1.36 bits per heavy atom. The molecule has 0 spiro atoms. The monoisotopic (exact) mass is 316 g/mol. The molecule has 0 aliphatic rings. The Morgan fingerprint density at radius 1 is 0.591 bits per heavy atom. The van der Waals surface area contributed by atoms with Crippen molar-refractivity contribution in [1.82, 2.24) is 0 Å². The van der Waals surface area contributed by atoms with E-state index in [1.54, 1.807) is 0 Å². The van der Waals surface area contributed by atoms with Gasteiger partial charge in [-0.05, 0) is 12.8 Å². The van der Waals surface area contributed by atoms with E-state index < -0.39 is 6.10 Å². The molecule has 3 nitrogen and oxygen atoms in total. The zero-order chi connectivity index (χ0) is 16.3. The van der Waals surface area contributed by atoms with Gasteiger partial charge in [-0.15, -0.1) is 0 Å². The van der Waals surface area contributed by atoms with Gasteiger partial charge >= 0.3 is 0 Å². The van der Waals surface area contributed by atoms with E-state index in [9.17, 15) is 5.11 Å². The Bertz CT molecular complexity index is 177. The van der Waals surface area contributed by atoms with E-state index in [1.807, 2.05) is 0 Å².